The van der Waals surface area contributed by atoms with E-state index in [0.717, 1.165) is 18.2 Å². The number of hydrogen-bond acceptors (Lipinski definition) is 2. The van der Waals surface area contributed by atoms with Crippen LogP contribution in [0.1, 0.15) is 5.56 Å². The molecule has 0 radical (unpaired) electrons. The van der Waals surface area contributed by atoms with Gasteiger partial charge in [-0.05, 0) is 35.9 Å². The quantitative estimate of drug-likeness (QED) is 0.849. The fourth-order valence-corrected chi connectivity index (χ4v) is 1.67. The van der Waals surface area contributed by atoms with E-state index in [1.165, 1.54) is 18.2 Å². The lowest BCUT2D eigenvalue weighted by Crippen LogP contribution is -2.15. The zero-order valence-corrected chi connectivity index (χ0v) is 10.3. The SMILES string of the molecule is Nc1ccc(F)c(NC(=O)Cc2ccc(F)c(F)c2)c1. The summed E-state index contributed by atoms with van der Waals surface area (Å²) in [6.07, 6.45) is -0.203. The summed E-state index contributed by atoms with van der Waals surface area (Å²) >= 11 is 0. The van der Waals surface area contributed by atoms with Gasteiger partial charge in [0.25, 0.3) is 0 Å². The molecule has 6 heteroatoms. The zero-order chi connectivity index (χ0) is 14.7. The Kier molecular flexibility index (Phi) is 3.93. The molecule has 0 saturated heterocycles. The Morgan fingerprint density at radius 3 is 2.40 bits per heavy atom. The minimum absolute atomic E-state index is 0.0578. The predicted octanol–water partition coefficient (Wildman–Crippen LogP) is 2.87. The van der Waals surface area contributed by atoms with Crippen molar-refractivity contribution in [3.8, 4) is 0 Å². The number of nitrogens with one attached hydrogen (secondary N) is 1. The molecule has 0 spiro atoms. The predicted molar refractivity (Wildman–Crippen MR) is 69.5 cm³/mol. The van der Waals surface area contributed by atoms with Crippen LogP contribution in [-0.2, 0) is 11.2 Å². The van der Waals surface area contributed by atoms with E-state index in [-0.39, 0.29) is 17.7 Å². The summed E-state index contributed by atoms with van der Waals surface area (Å²) in [5.41, 5.74) is 6.01. The summed E-state index contributed by atoms with van der Waals surface area (Å²) in [6.45, 7) is 0. The van der Waals surface area contributed by atoms with Crippen molar-refractivity contribution in [2.45, 2.75) is 6.42 Å². The van der Waals surface area contributed by atoms with Gasteiger partial charge < -0.3 is 11.1 Å². The number of halogens is 3. The summed E-state index contributed by atoms with van der Waals surface area (Å²) in [4.78, 5) is 11.7. The van der Waals surface area contributed by atoms with E-state index in [2.05, 4.69) is 5.32 Å². The Balaban J connectivity index is 2.09. The molecule has 0 aliphatic carbocycles. The highest BCUT2D eigenvalue weighted by Gasteiger charge is 2.10. The van der Waals surface area contributed by atoms with Crippen LogP contribution in [-0.4, -0.2) is 5.91 Å². The lowest BCUT2D eigenvalue weighted by atomic mass is 10.1. The molecule has 3 nitrogen and oxygen atoms in total. The van der Waals surface area contributed by atoms with Gasteiger partial charge in [-0.2, -0.15) is 0 Å². The summed E-state index contributed by atoms with van der Waals surface area (Å²) in [6, 6.07) is 6.90. The van der Waals surface area contributed by atoms with Crippen LogP contribution in [0.5, 0.6) is 0 Å². The maximum atomic E-state index is 13.4. The van der Waals surface area contributed by atoms with E-state index in [1.54, 1.807) is 0 Å². The molecule has 2 aromatic rings. The maximum Gasteiger partial charge on any atom is 0.228 e. The average molecular weight is 280 g/mol. The minimum atomic E-state index is -1.04. The highest BCUT2D eigenvalue weighted by Crippen LogP contribution is 2.18. The molecule has 2 aromatic carbocycles. The number of amides is 1. The first-order valence-electron chi connectivity index (χ1n) is 5.74. The number of nitrogen functional groups attached to an aromatic ring is 1. The first kappa shape index (κ1) is 13.9. The van der Waals surface area contributed by atoms with Crippen molar-refractivity contribution in [1.82, 2.24) is 0 Å². The van der Waals surface area contributed by atoms with Crippen LogP contribution in [0.4, 0.5) is 24.5 Å². The van der Waals surface area contributed by atoms with E-state index in [0.29, 0.717) is 5.69 Å². The smallest absolute Gasteiger partial charge is 0.228 e. The second kappa shape index (κ2) is 5.64. The van der Waals surface area contributed by atoms with Gasteiger partial charge in [0.05, 0.1) is 12.1 Å². The molecule has 104 valence electrons. The van der Waals surface area contributed by atoms with E-state index in [4.69, 9.17) is 5.73 Å². The fourth-order valence-electron chi connectivity index (χ4n) is 1.67. The molecule has 0 bridgehead atoms. The molecule has 0 unspecified atom stereocenters. The van der Waals surface area contributed by atoms with Crippen molar-refractivity contribution < 1.29 is 18.0 Å². The largest absolute Gasteiger partial charge is 0.399 e. The fraction of sp³-hybridized carbons (Fsp3) is 0.0714. The maximum absolute atomic E-state index is 13.4. The molecule has 0 saturated carbocycles. The Morgan fingerprint density at radius 1 is 1.00 bits per heavy atom. The van der Waals surface area contributed by atoms with E-state index >= 15 is 0 Å². The van der Waals surface area contributed by atoms with Gasteiger partial charge in [-0.3, -0.25) is 4.79 Å². The Hall–Kier alpha value is -2.50. The molecular formula is C14H11F3N2O. The highest BCUT2D eigenvalue weighted by molar-refractivity contribution is 5.92. The van der Waals surface area contributed by atoms with Crippen LogP contribution < -0.4 is 11.1 Å². The molecule has 1 amide bonds. The van der Waals surface area contributed by atoms with Crippen LogP contribution in [0.3, 0.4) is 0 Å². The van der Waals surface area contributed by atoms with Gasteiger partial charge in [0, 0.05) is 5.69 Å². The third kappa shape index (κ3) is 3.28. The number of anilines is 2. The molecule has 0 atom stereocenters. The van der Waals surface area contributed by atoms with Crippen molar-refractivity contribution in [2.24, 2.45) is 0 Å². The second-order valence-corrected chi connectivity index (χ2v) is 4.21. The molecule has 0 fully saturated rings. The number of carbonyl (C=O) groups is 1. The number of rotatable bonds is 3. The Bertz CT molecular complexity index is 659. The van der Waals surface area contributed by atoms with Crippen molar-refractivity contribution in [1.29, 1.82) is 0 Å². The van der Waals surface area contributed by atoms with Crippen LogP contribution in [0, 0.1) is 17.5 Å². The van der Waals surface area contributed by atoms with Crippen LogP contribution >= 0.6 is 0 Å². The van der Waals surface area contributed by atoms with Gasteiger partial charge in [-0.25, -0.2) is 13.2 Å². The normalized spacial score (nSPS) is 10.3. The van der Waals surface area contributed by atoms with Crippen LogP contribution in [0.15, 0.2) is 36.4 Å². The van der Waals surface area contributed by atoms with Crippen molar-refractivity contribution in [3.63, 3.8) is 0 Å². The van der Waals surface area contributed by atoms with Crippen LogP contribution in [0.25, 0.3) is 0 Å². The van der Waals surface area contributed by atoms with E-state index in [1.807, 2.05) is 0 Å². The first-order valence-corrected chi connectivity index (χ1v) is 5.74. The molecule has 0 aliphatic heterocycles. The van der Waals surface area contributed by atoms with Gasteiger partial charge in [-0.15, -0.1) is 0 Å². The van der Waals surface area contributed by atoms with Crippen molar-refractivity contribution >= 4 is 17.3 Å². The van der Waals surface area contributed by atoms with Crippen LogP contribution in [0.2, 0.25) is 0 Å². The molecule has 2 rings (SSSR count). The van der Waals surface area contributed by atoms with Crippen molar-refractivity contribution in [2.75, 3.05) is 11.1 Å². The van der Waals surface area contributed by atoms with Gasteiger partial charge in [-0.1, -0.05) is 6.07 Å². The molecule has 3 N–H and O–H groups in total. The summed E-state index contributed by atoms with van der Waals surface area (Å²) in [7, 11) is 0. The molecule has 0 aliphatic rings. The molecular weight excluding hydrogens is 269 g/mol. The van der Waals surface area contributed by atoms with Gasteiger partial charge in [0.1, 0.15) is 5.82 Å². The second-order valence-electron chi connectivity index (χ2n) is 4.21. The third-order valence-electron chi connectivity index (χ3n) is 2.61. The third-order valence-corrected chi connectivity index (χ3v) is 2.61. The lowest BCUT2D eigenvalue weighted by Gasteiger charge is -2.07. The van der Waals surface area contributed by atoms with Gasteiger partial charge >= 0.3 is 0 Å². The lowest BCUT2D eigenvalue weighted by molar-refractivity contribution is -0.115. The van der Waals surface area contributed by atoms with Crippen molar-refractivity contribution in [3.05, 3.63) is 59.4 Å². The summed E-state index contributed by atoms with van der Waals surface area (Å²) in [5, 5.41) is 2.32. The van der Waals surface area contributed by atoms with E-state index < -0.39 is 23.4 Å². The van der Waals surface area contributed by atoms with Gasteiger partial charge in [0.15, 0.2) is 11.6 Å². The van der Waals surface area contributed by atoms with E-state index in [9.17, 15) is 18.0 Å². The molecule has 0 heterocycles. The monoisotopic (exact) mass is 280 g/mol. The Labute approximate surface area is 113 Å². The number of hydrogen-bond donors (Lipinski definition) is 2. The zero-order valence-electron chi connectivity index (χ0n) is 10.3. The first-order chi connectivity index (χ1) is 9.45. The molecule has 20 heavy (non-hydrogen) atoms. The average Bonchev–Trinajstić information content (AvgIpc) is 2.38. The standard InChI is InChI=1S/C14H11F3N2O/c15-10-3-1-8(5-12(10)17)6-14(20)19-13-7-9(18)2-4-11(13)16/h1-5,7H,6,18H2,(H,19,20). The topological polar surface area (TPSA) is 55.1 Å². The summed E-state index contributed by atoms with van der Waals surface area (Å²) < 4.78 is 39.1. The minimum Gasteiger partial charge on any atom is -0.399 e. The Morgan fingerprint density at radius 2 is 1.70 bits per heavy atom. The number of benzene rings is 2. The summed E-state index contributed by atoms with van der Waals surface area (Å²) in [5.74, 6) is -3.21. The molecule has 0 aromatic heterocycles. The highest BCUT2D eigenvalue weighted by atomic mass is 19.2. The number of carbonyl (C=O) groups excluding carboxylic acids is 1. The van der Waals surface area contributed by atoms with Gasteiger partial charge in [0.2, 0.25) is 5.91 Å². The number of nitrogens with two attached hydrogens (primary N) is 1.